The fourth-order valence-corrected chi connectivity index (χ4v) is 3.79. The van der Waals surface area contributed by atoms with Gasteiger partial charge in [-0.1, -0.05) is 25.1 Å². The highest BCUT2D eigenvalue weighted by molar-refractivity contribution is 5.64. The number of aryl methyl sites for hydroxylation is 3. The number of rotatable bonds is 5. The van der Waals surface area contributed by atoms with Crippen molar-refractivity contribution in [3.8, 4) is 22.8 Å². The lowest BCUT2D eigenvalue weighted by Crippen LogP contribution is -2.38. The van der Waals surface area contributed by atoms with E-state index in [1.165, 1.54) is 5.56 Å². The summed E-state index contributed by atoms with van der Waals surface area (Å²) in [7, 11) is 4.96. The van der Waals surface area contributed by atoms with Gasteiger partial charge in [0.1, 0.15) is 5.49 Å². The summed E-state index contributed by atoms with van der Waals surface area (Å²) < 4.78 is 14.1. The lowest BCUT2D eigenvalue weighted by Gasteiger charge is -2.16. The molecule has 0 atom stereocenters. The van der Waals surface area contributed by atoms with Gasteiger partial charge in [0.2, 0.25) is 0 Å². The van der Waals surface area contributed by atoms with Gasteiger partial charge >= 0.3 is 5.69 Å². The van der Waals surface area contributed by atoms with Crippen LogP contribution in [-0.4, -0.2) is 23.4 Å². The lowest BCUT2D eigenvalue weighted by atomic mass is 10.1. The summed E-state index contributed by atoms with van der Waals surface area (Å²) in [5.74, 6) is 1.26. The maximum atomic E-state index is 13.1. The number of methoxy groups -OCH3 is 2. The molecule has 0 saturated heterocycles. The van der Waals surface area contributed by atoms with Gasteiger partial charge in [0.15, 0.2) is 11.5 Å². The molecule has 31 heavy (non-hydrogen) atoms. The third-order valence-electron chi connectivity index (χ3n) is 5.28. The Balaban J connectivity index is 0.00000341. The first-order chi connectivity index (χ1) is 14.3. The molecule has 0 radical (unpaired) electrons. The molecule has 0 aliphatic carbocycles. The Morgan fingerprint density at radius 3 is 2.10 bits per heavy atom. The van der Waals surface area contributed by atoms with Crippen molar-refractivity contribution >= 4 is 5.69 Å². The van der Waals surface area contributed by atoms with Gasteiger partial charge in [0.25, 0.3) is 0 Å². The van der Waals surface area contributed by atoms with Crippen LogP contribution in [0.5, 0.6) is 11.5 Å². The van der Waals surface area contributed by atoms with Crippen LogP contribution in [0.2, 0.25) is 0 Å². The van der Waals surface area contributed by atoms with Crippen LogP contribution in [0.1, 0.15) is 31.0 Å². The zero-order chi connectivity index (χ0) is 22.0. The summed E-state index contributed by atoms with van der Waals surface area (Å²) in [4.78, 5) is 18.0. The van der Waals surface area contributed by atoms with Crippen LogP contribution < -0.4 is 20.7 Å². The van der Waals surface area contributed by atoms with E-state index in [1.54, 1.807) is 30.4 Å². The van der Waals surface area contributed by atoms with E-state index in [0.29, 0.717) is 23.5 Å². The fourth-order valence-electron chi connectivity index (χ4n) is 3.79. The molecule has 0 aliphatic rings. The molecule has 6 nitrogen and oxygen atoms in total. The van der Waals surface area contributed by atoms with Crippen LogP contribution in [0.25, 0.3) is 11.3 Å². The van der Waals surface area contributed by atoms with Gasteiger partial charge in [-0.15, -0.1) is 0 Å². The Hall–Kier alpha value is -3.28. The molecule has 0 amide bonds. The van der Waals surface area contributed by atoms with Crippen LogP contribution in [0, 0.1) is 20.8 Å². The SMILES string of the molecule is C.CCn1c(-c2ccc(OC)c(OC)c2)cc(=Nc2c(C)cc(C)cc2C)n(C)c1=O. The average Bonchev–Trinajstić information content (AvgIpc) is 2.72. The quantitative estimate of drug-likeness (QED) is 0.598. The molecular weight excluding hydrogens is 390 g/mol. The van der Waals surface area contributed by atoms with Crippen molar-refractivity contribution < 1.29 is 9.47 Å². The molecule has 2 aromatic carbocycles. The monoisotopic (exact) mass is 423 g/mol. The normalized spacial score (nSPS) is 11.3. The minimum Gasteiger partial charge on any atom is -0.493 e. The number of nitrogens with zero attached hydrogens (tertiary/aromatic N) is 3. The Bertz CT molecular complexity index is 1200. The molecule has 0 bridgehead atoms. The smallest absolute Gasteiger partial charge is 0.329 e. The molecule has 3 aromatic rings. The third-order valence-corrected chi connectivity index (χ3v) is 5.28. The zero-order valence-electron chi connectivity index (χ0n) is 18.7. The maximum Gasteiger partial charge on any atom is 0.329 e. The molecule has 0 saturated carbocycles. The second-order valence-corrected chi connectivity index (χ2v) is 7.40. The third kappa shape index (κ3) is 4.58. The van der Waals surface area contributed by atoms with E-state index in [2.05, 4.69) is 19.1 Å². The summed E-state index contributed by atoms with van der Waals surface area (Å²) in [6.45, 7) is 8.65. The van der Waals surface area contributed by atoms with Gasteiger partial charge in [-0.05, 0) is 57.0 Å². The van der Waals surface area contributed by atoms with Crippen LogP contribution in [-0.2, 0) is 13.6 Å². The summed E-state index contributed by atoms with van der Waals surface area (Å²) in [6.07, 6.45) is 0. The second kappa shape index (κ2) is 9.69. The second-order valence-electron chi connectivity index (χ2n) is 7.40. The molecule has 0 aliphatic heterocycles. The molecule has 0 N–H and O–H groups in total. The van der Waals surface area contributed by atoms with E-state index >= 15 is 0 Å². The molecule has 0 spiro atoms. The number of aromatic nitrogens is 2. The minimum absolute atomic E-state index is 0. The van der Waals surface area contributed by atoms with Gasteiger partial charge in [0.05, 0.1) is 25.6 Å². The van der Waals surface area contributed by atoms with Crippen LogP contribution in [0.15, 0.2) is 46.2 Å². The van der Waals surface area contributed by atoms with Crippen molar-refractivity contribution in [1.29, 1.82) is 0 Å². The van der Waals surface area contributed by atoms with E-state index in [9.17, 15) is 4.79 Å². The Kier molecular flexibility index (Phi) is 7.50. The molecular formula is C25H33N3O3. The van der Waals surface area contributed by atoms with E-state index in [4.69, 9.17) is 14.5 Å². The highest BCUT2D eigenvalue weighted by Crippen LogP contribution is 2.31. The van der Waals surface area contributed by atoms with Gasteiger partial charge in [-0.3, -0.25) is 9.13 Å². The number of benzene rings is 2. The van der Waals surface area contributed by atoms with Crippen molar-refractivity contribution in [3.05, 3.63) is 69.1 Å². The van der Waals surface area contributed by atoms with E-state index in [0.717, 1.165) is 28.1 Å². The molecule has 1 aromatic heterocycles. The average molecular weight is 424 g/mol. The van der Waals surface area contributed by atoms with Crippen molar-refractivity contribution in [1.82, 2.24) is 9.13 Å². The van der Waals surface area contributed by atoms with E-state index in [-0.39, 0.29) is 13.1 Å². The maximum absolute atomic E-state index is 13.1. The van der Waals surface area contributed by atoms with Crippen LogP contribution in [0.3, 0.4) is 0 Å². The highest BCUT2D eigenvalue weighted by Gasteiger charge is 2.13. The fraction of sp³-hybridized carbons (Fsp3) is 0.360. The topological polar surface area (TPSA) is 57.8 Å². The predicted molar refractivity (Wildman–Crippen MR) is 126 cm³/mol. The molecule has 3 rings (SSSR count). The van der Waals surface area contributed by atoms with Crippen molar-refractivity contribution in [2.45, 2.75) is 41.7 Å². The molecule has 166 valence electrons. The predicted octanol–water partition coefficient (Wildman–Crippen LogP) is 4.68. The largest absolute Gasteiger partial charge is 0.493 e. The Labute approximate surface area is 184 Å². The van der Waals surface area contributed by atoms with Gasteiger partial charge in [-0.2, -0.15) is 0 Å². The first kappa shape index (κ1) is 24.0. The first-order valence-corrected chi connectivity index (χ1v) is 9.96. The number of hydrogen-bond acceptors (Lipinski definition) is 4. The standard InChI is InChI=1S/C24H29N3O3.CH4/c1-8-27-19(18-9-10-20(29-6)21(13-18)30-7)14-22(26(5)24(27)28)25-23-16(3)11-15(2)12-17(23)4;/h9-14H,8H2,1-7H3;1H4. The van der Waals surface area contributed by atoms with Crippen LogP contribution in [0.4, 0.5) is 5.69 Å². The summed E-state index contributed by atoms with van der Waals surface area (Å²) in [6, 6.07) is 11.8. The van der Waals surface area contributed by atoms with Gasteiger partial charge in [0, 0.05) is 25.2 Å². The summed E-state index contributed by atoms with van der Waals surface area (Å²) in [5.41, 5.74) is 6.38. The zero-order valence-corrected chi connectivity index (χ0v) is 18.7. The summed E-state index contributed by atoms with van der Waals surface area (Å²) in [5, 5.41) is 0. The first-order valence-electron chi connectivity index (χ1n) is 9.96. The van der Waals surface area contributed by atoms with E-state index in [1.807, 2.05) is 45.0 Å². The molecule has 0 fully saturated rings. The Morgan fingerprint density at radius 2 is 1.55 bits per heavy atom. The van der Waals surface area contributed by atoms with Crippen molar-refractivity contribution in [2.24, 2.45) is 12.0 Å². The summed E-state index contributed by atoms with van der Waals surface area (Å²) >= 11 is 0. The van der Waals surface area contributed by atoms with Gasteiger partial charge < -0.3 is 9.47 Å². The molecule has 6 heteroatoms. The molecule has 0 unspecified atom stereocenters. The number of ether oxygens (including phenoxy) is 2. The Morgan fingerprint density at radius 1 is 0.935 bits per heavy atom. The lowest BCUT2D eigenvalue weighted by molar-refractivity contribution is 0.355. The minimum atomic E-state index is -0.119. The van der Waals surface area contributed by atoms with E-state index < -0.39 is 0 Å². The van der Waals surface area contributed by atoms with Crippen molar-refractivity contribution in [2.75, 3.05) is 14.2 Å². The van der Waals surface area contributed by atoms with Crippen molar-refractivity contribution in [3.63, 3.8) is 0 Å². The van der Waals surface area contributed by atoms with Crippen LogP contribution >= 0.6 is 0 Å². The highest BCUT2D eigenvalue weighted by atomic mass is 16.5. The number of hydrogen-bond donors (Lipinski definition) is 0. The van der Waals surface area contributed by atoms with Gasteiger partial charge in [-0.25, -0.2) is 9.79 Å². The molecule has 1 heterocycles.